The van der Waals surface area contributed by atoms with Crippen LogP contribution in [-0.2, 0) is 4.79 Å². The molecule has 2 unspecified atom stereocenters. The van der Waals surface area contributed by atoms with E-state index >= 15 is 0 Å². The molecule has 1 aliphatic carbocycles. The molecule has 0 spiro atoms. The fourth-order valence-corrected chi connectivity index (χ4v) is 2.24. The molecular formula is C11H22N2O2. The predicted octanol–water partition coefficient (Wildman–Crippen LogP) is 0.781. The Morgan fingerprint density at radius 1 is 1.60 bits per heavy atom. The van der Waals surface area contributed by atoms with E-state index in [-0.39, 0.29) is 0 Å². The summed E-state index contributed by atoms with van der Waals surface area (Å²) in [6.07, 6.45) is 2.54. The van der Waals surface area contributed by atoms with Crippen LogP contribution in [0.15, 0.2) is 0 Å². The van der Waals surface area contributed by atoms with Gasteiger partial charge in [0.15, 0.2) is 0 Å². The van der Waals surface area contributed by atoms with Gasteiger partial charge in [-0.05, 0) is 39.3 Å². The molecule has 0 radical (unpaired) electrons. The average molecular weight is 214 g/mol. The normalized spacial score (nSPS) is 31.1. The molecule has 0 amide bonds. The van der Waals surface area contributed by atoms with Crippen molar-refractivity contribution in [3.63, 3.8) is 0 Å². The van der Waals surface area contributed by atoms with Crippen molar-refractivity contribution < 1.29 is 9.90 Å². The van der Waals surface area contributed by atoms with Gasteiger partial charge in [-0.2, -0.15) is 0 Å². The van der Waals surface area contributed by atoms with Gasteiger partial charge in [0.2, 0.25) is 0 Å². The van der Waals surface area contributed by atoms with E-state index in [4.69, 9.17) is 0 Å². The van der Waals surface area contributed by atoms with Crippen molar-refractivity contribution in [3.05, 3.63) is 0 Å². The van der Waals surface area contributed by atoms with Crippen LogP contribution in [0.4, 0.5) is 0 Å². The lowest BCUT2D eigenvalue weighted by Crippen LogP contribution is -2.51. The second-order valence-corrected chi connectivity index (χ2v) is 4.97. The molecule has 0 aromatic carbocycles. The number of carboxylic acid groups (broad SMARTS) is 1. The number of likely N-dealkylation sites (N-methyl/N-ethyl adjacent to an activating group) is 1. The Morgan fingerprint density at radius 3 is 2.67 bits per heavy atom. The van der Waals surface area contributed by atoms with Gasteiger partial charge in [-0.1, -0.05) is 6.92 Å². The van der Waals surface area contributed by atoms with Crippen molar-refractivity contribution in [1.82, 2.24) is 10.2 Å². The molecule has 4 heteroatoms. The van der Waals surface area contributed by atoms with Crippen LogP contribution >= 0.6 is 0 Å². The van der Waals surface area contributed by atoms with Crippen LogP contribution in [0.3, 0.4) is 0 Å². The van der Waals surface area contributed by atoms with Gasteiger partial charge in [0.25, 0.3) is 0 Å². The standard InChI is InChI=1S/C11H22N2O2/c1-9-4-5-11(8-9,10(14)15)12-6-7-13(2)3/h9,12H,4-8H2,1-3H3,(H,14,15). The van der Waals surface area contributed by atoms with E-state index in [2.05, 4.69) is 17.1 Å². The molecule has 1 saturated carbocycles. The number of aliphatic carboxylic acids is 1. The Morgan fingerprint density at radius 2 is 2.27 bits per heavy atom. The lowest BCUT2D eigenvalue weighted by atomic mass is 9.96. The number of carbonyl (C=O) groups is 1. The molecule has 0 saturated heterocycles. The summed E-state index contributed by atoms with van der Waals surface area (Å²) in [7, 11) is 3.98. The minimum atomic E-state index is -0.689. The van der Waals surface area contributed by atoms with Gasteiger partial charge in [-0.15, -0.1) is 0 Å². The van der Waals surface area contributed by atoms with Gasteiger partial charge in [0, 0.05) is 13.1 Å². The Bertz CT molecular complexity index is 231. The quantitative estimate of drug-likeness (QED) is 0.710. The minimum Gasteiger partial charge on any atom is -0.480 e. The number of nitrogens with zero attached hydrogens (tertiary/aromatic N) is 1. The third-order valence-electron chi connectivity index (χ3n) is 3.19. The molecule has 1 rings (SSSR count). The molecule has 1 fully saturated rings. The van der Waals surface area contributed by atoms with E-state index in [1.807, 2.05) is 14.1 Å². The van der Waals surface area contributed by atoms with Gasteiger partial charge in [-0.3, -0.25) is 4.79 Å². The van der Waals surface area contributed by atoms with E-state index in [1.54, 1.807) is 0 Å². The van der Waals surface area contributed by atoms with Crippen LogP contribution in [0.25, 0.3) is 0 Å². The molecule has 15 heavy (non-hydrogen) atoms. The molecule has 2 atom stereocenters. The summed E-state index contributed by atoms with van der Waals surface area (Å²) in [5.74, 6) is -0.168. The summed E-state index contributed by atoms with van der Waals surface area (Å²) in [6.45, 7) is 3.74. The monoisotopic (exact) mass is 214 g/mol. The molecule has 88 valence electrons. The summed E-state index contributed by atoms with van der Waals surface area (Å²) in [5.41, 5.74) is -0.657. The molecule has 1 aliphatic rings. The maximum atomic E-state index is 11.3. The largest absolute Gasteiger partial charge is 0.480 e. The van der Waals surface area contributed by atoms with Crippen molar-refractivity contribution in [2.45, 2.75) is 31.7 Å². The number of hydrogen-bond donors (Lipinski definition) is 2. The van der Waals surface area contributed by atoms with Crippen LogP contribution in [0.5, 0.6) is 0 Å². The first-order chi connectivity index (χ1) is 6.96. The Balaban J connectivity index is 2.48. The van der Waals surface area contributed by atoms with Gasteiger partial charge in [0.1, 0.15) is 5.54 Å². The third-order valence-corrected chi connectivity index (χ3v) is 3.19. The number of rotatable bonds is 5. The maximum absolute atomic E-state index is 11.3. The van der Waals surface area contributed by atoms with E-state index in [0.29, 0.717) is 5.92 Å². The molecule has 0 aliphatic heterocycles. The third kappa shape index (κ3) is 3.18. The van der Waals surface area contributed by atoms with E-state index in [0.717, 1.165) is 32.4 Å². The zero-order valence-electron chi connectivity index (χ0n) is 9.92. The van der Waals surface area contributed by atoms with Crippen molar-refractivity contribution >= 4 is 5.97 Å². The van der Waals surface area contributed by atoms with E-state index in [9.17, 15) is 9.90 Å². The number of hydrogen-bond acceptors (Lipinski definition) is 3. The fourth-order valence-electron chi connectivity index (χ4n) is 2.24. The molecule has 0 aromatic rings. The molecule has 2 N–H and O–H groups in total. The van der Waals surface area contributed by atoms with Crippen LogP contribution < -0.4 is 5.32 Å². The van der Waals surface area contributed by atoms with Crippen LogP contribution in [0.2, 0.25) is 0 Å². The molecular weight excluding hydrogens is 192 g/mol. The van der Waals surface area contributed by atoms with Gasteiger partial charge in [-0.25, -0.2) is 0 Å². The molecule has 0 aromatic heterocycles. The number of carboxylic acids is 1. The highest BCUT2D eigenvalue weighted by atomic mass is 16.4. The summed E-state index contributed by atoms with van der Waals surface area (Å²) >= 11 is 0. The lowest BCUT2D eigenvalue weighted by molar-refractivity contribution is -0.144. The van der Waals surface area contributed by atoms with E-state index in [1.165, 1.54) is 0 Å². The highest BCUT2D eigenvalue weighted by Crippen LogP contribution is 2.34. The second kappa shape index (κ2) is 4.94. The first-order valence-electron chi connectivity index (χ1n) is 5.59. The number of nitrogens with one attached hydrogen (secondary N) is 1. The zero-order valence-corrected chi connectivity index (χ0v) is 9.92. The predicted molar refractivity (Wildman–Crippen MR) is 59.9 cm³/mol. The SMILES string of the molecule is CC1CCC(NCCN(C)C)(C(=O)O)C1. The Labute approximate surface area is 91.6 Å². The van der Waals surface area contributed by atoms with Crippen molar-refractivity contribution in [2.24, 2.45) is 5.92 Å². The van der Waals surface area contributed by atoms with Crippen LogP contribution in [0.1, 0.15) is 26.2 Å². The van der Waals surface area contributed by atoms with Crippen molar-refractivity contribution in [2.75, 3.05) is 27.2 Å². The average Bonchev–Trinajstić information content (AvgIpc) is 2.48. The first kappa shape index (κ1) is 12.5. The first-order valence-corrected chi connectivity index (χ1v) is 5.59. The van der Waals surface area contributed by atoms with Crippen molar-refractivity contribution in [1.29, 1.82) is 0 Å². The summed E-state index contributed by atoms with van der Waals surface area (Å²) in [5, 5.41) is 12.5. The molecule has 0 bridgehead atoms. The summed E-state index contributed by atoms with van der Waals surface area (Å²) in [6, 6.07) is 0. The highest BCUT2D eigenvalue weighted by Gasteiger charge is 2.43. The van der Waals surface area contributed by atoms with E-state index < -0.39 is 11.5 Å². The Hall–Kier alpha value is -0.610. The topological polar surface area (TPSA) is 52.6 Å². The summed E-state index contributed by atoms with van der Waals surface area (Å²) < 4.78 is 0. The zero-order chi connectivity index (χ0) is 11.5. The molecule has 4 nitrogen and oxygen atoms in total. The Kier molecular flexibility index (Phi) is 4.11. The van der Waals surface area contributed by atoms with Gasteiger partial charge in [0.05, 0.1) is 0 Å². The van der Waals surface area contributed by atoms with Crippen LogP contribution in [0, 0.1) is 5.92 Å². The van der Waals surface area contributed by atoms with Gasteiger partial charge < -0.3 is 15.3 Å². The highest BCUT2D eigenvalue weighted by molar-refractivity contribution is 5.79. The fraction of sp³-hybridized carbons (Fsp3) is 0.909. The summed E-state index contributed by atoms with van der Waals surface area (Å²) in [4.78, 5) is 13.3. The van der Waals surface area contributed by atoms with Crippen LogP contribution in [-0.4, -0.2) is 48.7 Å². The minimum absolute atomic E-state index is 0.521. The smallest absolute Gasteiger partial charge is 0.323 e. The second-order valence-electron chi connectivity index (χ2n) is 4.97. The van der Waals surface area contributed by atoms with Crippen molar-refractivity contribution in [3.8, 4) is 0 Å². The van der Waals surface area contributed by atoms with Gasteiger partial charge >= 0.3 is 5.97 Å². The molecule has 0 heterocycles. The maximum Gasteiger partial charge on any atom is 0.323 e. The lowest BCUT2D eigenvalue weighted by Gasteiger charge is -2.26.